The van der Waals surface area contributed by atoms with Gasteiger partial charge in [-0.25, -0.2) is 9.59 Å². The third-order valence-electron chi connectivity index (χ3n) is 3.85. The van der Waals surface area contributed by atoms with Crippen LogP contribution in [0.4, 0.5) is 0 Å². The highest BCUT2D eigenvalue weighted by Gasteiger charge is 2.28. The molecule has 0 saturated carbocycles. The molecule has 0 radical (unpaired) electrons. The van der Waals surface area contributed by atoms with E-state index in [1.165, 1.54) is 0 Å². The van der Waals surface area contributed by atoms with Crippen LogP contribution in [0.2, 0.25) is 5.02 Å². The number of aliphatic carboxylic acids is 2. The van der Waals surface area contributed by atoms with Gasteiger partial charge in [-0.15, -0.1) is 0 Å². The minimum absolute atomic E-state index is 0.0298. The molecule has 29 heavy (non-hydrogen) atoms. The number of carboxylic acids is 2. The first-order valence-electron chi connectivity index (χ1n) is 8.61. The number of carbonyl (C=O) groups excluding carboxylic acids is 1. The predicted octanol–water partition coefficient (Wildman–Crippen LogP) is 2.58. The Morgan fingerprint density at radius 2 is 1.52 bits per heavy atom. The molecule has 2 aromatic rings. The molecule has 0 aliphatic heterocycles. The number of amides is 1. The van der Waals surface area contributed by atoms with Crippen molar-refractivity contribution >= 4 is 29.4 Å². The van der Waals surface area contributed by atoms with Gasteiger partial charge in [-0.05, 0) is 36.6 Å². The zero-order valence-corrected chi connectivity index (χ0v) is 16.6. The van der Waals surface area contributed by atoms with Crippen molar-refractivity contribution in [2.75, 3.05) is 6.54 Å². The standard InChI is InChI=1S/C17H19ClN2O.C4H4O4/c1-17(20-16(21)12-19,11-13-5-3-2-4-6-13)14-7-9-15(18)10-8-14;5-3(6)1-2-4(7)8/h2-10H,11-12,19H2,1H3,(H,20,21);1-2H,(H,5,6)(H,7,8)/b;2-1-. The summed E-state index contributed by atoms with van der Waals surface area (Å²) in [7, 11) is 0. The van der Waals surface area contributed by atoms with Gasteiger partial charge in [0.1, 0.15) is 0 Å². The number of nitrogens with two attached hydrogens (primary N) is 1. The first kappa shape index (κ1) is 23.9. The third-order valence-corrected chi connectivity index (χ3v) is 4.10. The molecule has 5 N–H and O–H groups in total. The molecule has 0 aliphatic carbocycles. The average Bonchev–Trinajstić information content (AvgIpc) is 2.68. The van der Waals surface area contributed by atoms with Gasteiger partial charge in [0.2, 0.25) is 5.91 Å². The van der Waals surface area contributed by atoms with Gasteiger partial charge in [-0.2, -0.15) is 0 Å². The van der Waals surface area contributed by atoms with Crippen LogP contribution >= 0.6 is 11.6 Å². The van der Waals surface area contributed by atoms with Crippen LogP contribution in [-0.4, -0.2) is 34.6 Å². The van der Waals surface area contributed by atoms with Crippen molar-refractivity contribution < 1.29 is 24.6 Å². The molecular weight excluding hydrogens is 396 g/mol. The molecule has 2 aromatic carbocycles. The second-order valence-electron chi connectivity index (χ2n) is 6.26. The maximum Gasteiger partial charge on any atom is 0.328 e. The Bertz CT molecular complexity index is 837. The fourth-order valence-corrected chi connectivity index (χ4v) is 2.67. The largest absolute Gasteiger partial charge is 0.478 e. The average molecular weight is 419 g/mol. The van der Waals surface area contributed by atoms with Crippen molar-refractivity contribution in [3.05, 3.63) is 82.9 Å². The fourth-order valence-electron chi connectivity index (χ4n) is 2.54. The minimum Gasteiger partial charge on any atom is -0.478 e. The lowest BCUT2D eigenvalue weighted by Crippen LogP contribution is -2.47. The van der Waals surface area contributed by atoms with Crippen LogP contribution in [0.3, 0.4) is 0 Å². The molecule has 0 bridgehead atoms. The lowest BCUT2D eigenvalue weighted by atomic mass is 9.85. The molecule has 7 nitrogen and oxygen atoms in total. The summed E-state index contributed by atoms with van der Waals surface area (Å²) in [6, 6.07) is 17.6. The maximum atomic E-state index is 11.8. The minimum atomic E-state index is -1.26. The molecule has 8 heteroatoms. The predicted molar refractivity (Wildman–Crippen MR) is 111 cm³/mol. The molecule has 2 rings (SSSR count). The van der Waals surface area contributed by atoms with E-state index in [-0.39, 0.29) is 12.5 Å². The smallest absolute Gasteiger partial charge is 0.328 e. The molecule has 0 saturated heterocycles. The Morgan fingerprint density at radius 1 is 1.00 bits per heavy atom. The molecule has 1 unspecified atom stereocenters. The van der Waals surface area contributed by atoms with Crippen molar-refractivity contribution in [2.24, 2.45) is 5.73 Å². The molecule has 0 fully saturated rings. The van der Waals surface area contributed by atoms with E-state index in [1.54, 1.807) is 0 Å². The van der Waals surface area contributed by atoms with Gasteiger partial charge in [-0.1, -0.05) is 54.1 Å². The molecule has 154 valence electrons. The second kappa shape index (κ2) is 11.6. The zero-order valence-electron chi connectivity index (χ0n) is 15.8. The van der Waals surface area contributed by atoms with Crippen LogP contribution in [-0.2, 0) is 26.3 Å². The molecule has 0 spiro atoms. The lowest BCUT2D eigenvalue weighted by Gasteiger charge is -2.32. The van der Waals surface area contributed by atoms with Crippen LogP contribution in [0, 0.1) is 0 Å². The van der Waals surface area contributed by atoms with Crippen molar-refractivity contribution in [3.8, 4) is 0 Å². The van der Waals surface area contributed by atoms with Gasteiger partial charge in [0.15, 0.2) is 0 Å². The van der Waals surface area contributed by atoms with Gasteiger partial charge in [0.25, 0.3) is 0 Å². The van der Waals surface area contributed by atoms with E-state index in [0.717, 1.165) is 11.1 Å². The lowest BCUT2D eigenvalue weighted by molar-refractivity contribution is -0.134. The van der Waals surface area contributed by atoms with E-state index < -0.39 is 17.5 Å². The summed E-state index contributed by atoms with van der Waals surface area (Å²) in [4.78, 5) is 30.9. The first-order chi connectivity index (χ1) is 13.7. The molecule has 1 atom stereocenters. The van der Waals surface area contributed by atoms with Gasteiger partial charge in [0.05, 0.1) is 12.1 Å². The van der Waals surface area contributed by atoms with Crippen molar-refractivity contribution in [2.45, 2.75) is 18.9 Å². The number of hydrogen-bond donors (Lipinski definition) is 4. The van der Waals surface area contributed by atoms with Crippen molar-refractivity contribution in [1.29, 1.82) is 0 Å². The zero-order chi connectivity index (χ0) is 21.9. The Balaban J connectivity index is 0.000000447. The summed E-state index contributed by atoms with van der Waals surface area (Å²) in [6.07, 6.45) is 1.80. The number of benzene rings is 2. The summed E-state index contributed by atoms with van der Waals surface area (Å²) < 4.78 is 0. The highest BCUT2D eigenvalue weighted by atomic mass is 35.5. The molecule has 0 aromatic heterocycles. The van der Waals surface area contributed by atoms with Crippen LogP contribution in [0.15, 0.2) is 66.7 Å². The van der Waals surface area contributed by atoms with E-state index in [1.807, 2.05) is 61.5 Å². The van der Waals surface area contributed by atoms with E-state index in [0.29, 0.717) is 23.6 Å². The number of rotatable bonds is 7. The monoisotopic (exact) mass is 418 g/mol. The molecular formula is C21H23ClN2O5. The van der Waals surface area contributed by atoms with Crippen LogP contribution in [0.25, 0.3) is 0 Å². The fraction of sp³-hybridized carbons (Fsp3) is 0.190. The first-order valence-corrected chi connectivity index (χ1v) is 8.99. The second-order valence-corrected chi connectivity index (χ2v) is 6.70. The van der Waals surface area contributed by atoms with E-state index >= 15 is 0 Å². The SMILES string of the molecule is CC(Cc1ccccc1)(NC(=O)CN)c1ccc(Cl)cc1.O=C(O)/C=C\C(=O)O. The quantitative estimate of drug-likeness (QED) is 0.511. The van der Waals surface area contributed by atoms with Gasteiger partial charge >= 0.3 is 11.9 Å². The Morgan fingerprint density at radius 3 is 1.97 bits per heavy atom. The third kappa shape index (κ3) is 9.05. The number of carboxylic acid groups (broad SMARTS) is 2. The molecule has 0 heterocycles. The van der Waals surface area contributed by atoms with E-state index in [4.69, 9.17) is 27.5 Å². The summed E-state index contributed by atoms with van der Waals surface area (Å²) >= 11 is 5.95. The Hall–Kier alpha value is -3.16. The van der Waals surface area contributed by atoms with Crippen LogP contribution in [0.1, 0.15) is 18.1 Å². The van der Waals surface area contributed by atoms with E-state index in [2.05, 4.69) is 5.32 Å². The summed E-state index contributed by atoms with van der Waals surface area (Å²) in [5, 5.41) is 19.3. The normalized spacial score (nSPS) is 12.4. The maximum absolute atomic E-state index is 11.8. The Kier molecular flexibility index (Phi) is 9.58. The number of halogens is 1. The van der Waals surface area contributed by atoms with Crippen molar-refractivity contribution in [3.63, 3.8) is 0 Å². The van der Waals surface area contributed by atoms with Crippen LogP contribution < -0.4 is 11.1 Å². The van der Waals surface area contributed by atoms with Gasteiger partial charge in [0, 0.05) is 17.2 Å². The highest BCUT2D eigenvalue weighted by Crippen LogP contribution is 2.26. The summed E-state index contributed by atoms with van der Waals surface area (Å²) in [6.45, 7) is 1.97. The summed E-state index contributed by atoms with van der Waals surface area (Å²) in [5.41, 5.74) is 7.06. The van der Waals surface area contributed by atoms with Crippen molar-refractivity contribution in [1.82, 2.24) is 5.32 Å². The van der Waals surface area contributed by atoms with Crippen LogP contribution in [0.5, 0.6) is 0 Å². The summed E-state index contributed by atoms with van der Waals surface area (Å²) in [5.74, 6) is -2.69. The molecule has 0 aliphatic rings. The molecule has 1 amide bonds. The Labute approximate surface area is 173 Å². The van der Waals surface area contributed by atoms with Gasteiger partial charge in [-0.3, -0.25) is 4.79 Å². The number of nitrogens with one attached hydrogen (secondary N) is 1. The van der Waals surface area contributed by atoms with E-state index in [9.17, 15) is 14.4 Å². The topological polar surface area (TPSA) is 130 Å². The van der Waals surface area contributed by atoms with Gasteiger partial charge < -0.3 is 21.3 Å². The highest BCUT2D eigenvalue weighted by molar-refractivity contribution is 6.30. The number of hydrogen-bond acceptors (Lipinski definition) is 4. The number of carbonyl (C=O) groups is 3.